The molecule has 0 atom stereocenters. The van der Waals surface area contributed by atoms with Crippen molar-refractivity contribution in [3.05, 3.63) is 0 Å². The molecule has 0 saturated carbocycles. The molecule has 10 heteroatoms. The quantitative estimate of drug-likeness (QED) is 0.296. The van der Waals surface area contributed by atoms with Gasteiger partial charge in [0.05, 0.1) is 0 Å². The molecule has 0 aromatic rings. The van der Waals surface area contributed by atoms with Crippen molar-refractivity contribution in [2.75, 3.05) is 0 Å². The van der Waals surface area contributed by atoms with E-state index in [4.69, 9.17) is 10.6 Å². The summed E-state index contributed by atoms with van der Waals surface area (Å²) in [5, 5.41) is 0. The van der Waals surface area contributed by atoms with Gasteiger partial charge in [-0.1, -0.05) is 0 Å². The third-order valence-corrected chi connectivity index (χ3v) is 5.63. The van der Waals surface area contributed by atoms with Crippen molar-refractivity contribution >= 4 is 54.1 Å². The Bertz CT molecular complexity index is 497. The Kier molecular flexibility index (Phi) is 7.78. The number of rotatable bonds is 9. The van der Waals surface area contributed by atoms with Crippen LogP contribution in [0.5, 0.6) is 0 Å². The average molecular weight is 415 g/mol. The molecule has 0 aromatic heterocycles. The topological polar surface area (TPSA) is 130 Å². The van der Waals surface area contributed by atoms with E-state index in [2.05, 4.69) is 0 Å². The van der Waals surface area contributed by atoms with Crippen LogP contribution in [-0.2, 0) is 39.4 Å². The molecule has 0 amide bonds. The first-order valence-electron chi connectivity index (χ1n) is 7.25. The van der Waals surface area contributed by atoms with Gasteiger partial charge in [-0.25, -0.2) is 0 Å². The predicted molar refractivity (Wildman–Crippen MR) is 83.6 cm³/mol. The first kappa shape index (κ1) is 23.1. The van der Waals surface area contributed by atoms with Crippen LogP contribution in [-0.4, -0.2) is 54.1 Å². The summed E-state index contributed by atoms with van der Waals surface area (Å²) in [5.74, 6) is -3.16. The summed E-state index contributed by atoms with van der Waals surface area (Å²) >= 11 is -4.34. The second kappa shape index (κ2) is 8.43. The predicted octanol–water partition coefficient (Wildman–Crippen LogP) is 0.276. The van der Waals surface area contributed by atoms with Gasteiger partial charge in [0.15, 0.2) is 0 Å². The van der Waals surface area contributed by atoms with Crippen molar-refractivity contribution in [3.8, 4) is 0 Å². The molecule has 0 bridgehead atoms. The molecule has 0 aliphatic carbocycles. The van der Waals surface area contributed by atoms with Gasteiger partial charge in [-0.05, 0) is 0 Å². The molecule has 0 aliphatic rings. The van der Waals surface area contributed by atoms with Crippen LogP contribution in [0.4, 0.5) is 0 Å². The SMILES string of the molecule is CC(C)(C=O)C(=O)[O][Ga]([O]C(=O)C(C)(C)C=O)[O]C(=O)C(C)(C)C=O. The van der Waals surface area contributed by atoms with Crippen molar-refractivity contribution in [2.45, 2.75) is 41.5 Å². The Balaban J connectivity index is 5.45. The van der Waals surface area contributed by atoms with E-state index in [-0.39, 0.29) is 0 Å². The van der Waals surface area contributed by atoms with Crippen LogP contribution in [0.25, 0.3) is 0 Å². The number of aldehydes is 3. The zero-order valence-corrected chi connectivity index (χ0v) is 17.4. The van der Waals surface area contributed by atoms with Crippen LogP contribution in [0.15, 0.2) is 0 Å². The Morgan fingerprint density at radius 2 is 0.800 bits per heavy atom. The van der Waals surface area contributed by atoms with E-state index in [9.17, 15) is 28.8 Å². The molecule has 0 N–H and O–H groups in total. The van der Waals surface area contributed by atoms with Gasteiger partial charge in [0.2, 0.25) is 0 Å². The van der Waals surface area contributed by atoms with E-state index in [0.717, 1.165) is 0 Å². The average Bonchev–Trinajstić information content (AvgIpc) is 2.54. The summed E-state index contributed by atoms with van der Waals surface area (Å²) in [7, 11) is 0. The minimum absolute atomic E-state index is 0.322. The van der Waals surface area contributed by atoms with Gasteiger partial charge in [0.25, 0.3) is 0 Å². The minimum atomic E-state index is -4.34. The van der Waals surface area contributed by atoms with Crippen LogP contribution in [0.3, 0.4) is 0 Å². The van der Waals surface area contributed by atoms with E-state index in [1.165, 1.54) is 41.5 Å². The van der Waals surface area contributed by atoms with Gasteiger partial charge in [-0.3, -0.25) is 0 Å². The molecule has 0 radical (unpaired) electrons. The molecule has 0 rings (SSSR count). The second-order valence-corrected chi connectivity index (χ2v) is 9.72. The van der Waals surface area contributed by atoms with Crippen molar-refractivity contribution in [2.24, 2.45) is 16.2 Å². The van der Waals surface area contributed by atoms with Crippen LogP contribution >= 0.6 is 0 Å². The van der Waals surface area contributed by atoms with Crippen LogP contribution < -0.4 is 0 Å². The molecule has 0 unspecified atom stereocenters. The zero-order valence-electron chi connectivity index (χ0n) is 15.0. The Morgan fingerprint density at radius 3 is 0.960 bits per heavy atom. The first-order valence-corrected chi connectivity index (χ1v) is 10.2. The fraction of sp³-hybridized carbons (Fsp3) is 0.600. The molecule has 0 fully saturated rings. The number of hydrogen-bond acceptors (Lipinski definition) is 9. The number of hydrogen-bond donors (Lipinski definition) is 0. The molecule has 0 heterocycles. The van der Waals surface area contributed by atoms with Gasteiger partial charge in [0.1, 0.15) is 0 Å². The number of carbonyl (C=O) groups is 6. The van der Waals surface area contributed by atoms with Gasteiger partial charge in [0, 0.05) is 0 Å². The molecular formula is C15H21GaO9. The van der Waals surface area contributed by atoms with Gasteiger partial charge in [-0.2, -0.15) is 0 Å². The Labute approximate surface area is 151 Å². The van der Waals surface area contributed by atoms with Gasteiger partial charge in [-0.15, -0.1) is 0 Å². The van der Waals surface area contributed by atoms with Crippen LogP contribution in [0.1, 0.15) is 41.5 Å². The normalized spacial score (nSPS) is 11.8. The van der Waals surface area contributed by atoms with Crippen molar-refractivity contribution in [1.29, 1.82) is 0 Å². The van der Waals surface area contributed by atoms with Crippen LogP contribution in [0, 0.1) is 16.2 Å². The van der Waals surface area contributed by atoms with Gasteiger partial charge >= 0.3 is 151 Å². The molecule has 9 nitrogen and oxygen atoms in total. The molecule has 138 valence electrons. The monoisotopic (exact) mass is 414 g/mol. The van der Waals surface area contributed by atoms with Crippen molar-refractivity contribution < 1.29 is 39.4 Å². The molecule has 25 heavy (non-hydrogen) atoms. The van der Waals surface area contributed by atoms with E-state index < -0.39 is 51.5 Å². The summed E-state index contributed by atoms with van der Waals surface area (Å²) in [6, 6.07) is 0. The Morgan fingerprint density at radius 1 is 0.600 bits per heavy atom. The fourth-order valence-corrected chi connectivity index (χ4v) is 4.25. The third-order valence-electron chi connectivity index (χ3n) is 3.07. The molecule has 0 aliphatic heterocycles. The summed E-state index contributed by atoms with van der Waals surface area (Å²) in [6.45, 7) is 7.56. The standard InChI is InChI=1S/3C5H8O3.Ga/c3*1-5(2,3-6)4(7)8;/h3*3H,1-2H3,(H,7,8);/q;;;+3/p-3. The maximum atomic E-state index is 12.0. The van der Waals surface area contributed by atoms with Crippen LogP contribution in [0.2, 0.25) is 0 Å². The maximum absolute atomic E-state index is 12.0. The second-order valence-electron chi connectivity index (χ2n) is 7.02. The van der Waals surface area contributed by atoms with Crippen molar-refractivity contribution in [1.82, 2.24) is 0 Å². The van der Waals surface area contributed by atoms with Crippen molar-refractivity contribution in [3.63, 3.8) is 0 Å². The zero-order chi connectivity index (χ0) is 20.1. The fourth-order valence-electron chi connectivity index (χ4n) is 0.934. The Hall–Kier alpha value is -1.94. The molecule has 0 aromatic carbocycles. The summed E-state index contributed by atoms with van der Waals surface area (Å²) in [6.07, 6.45) is 0.967. The van der Waals surface area contributed by atoms with E-state index >= 15 is 0 Å². The van der Waals surface area contributed by atoms with E-state index in [1.807, 2.05) is 0 Å². The van der Waals surface area contributed by atoms with Gasteiger partial charge < -0.3 is 0 Å². The molecule has 0 spiro atoms. The molecular weight excluding hydrogens is 394 g/mol. The third kappa shape index (κ3) is 6.46. The molecule has 0 saturated heterocycles. The van der Waals surface area contributed by atoms with E-state index in [0.29, 0.717) is 18.9 Å². The summed E-state index contributed by atoms with van der Waals surface area (Å²) in [4.78, 5) is 68.7. The number of carbonyl (C=O) groups excluding carboxylic acids is 6. The summed E-state index contributed by atoms with van der Waals surface area (Å²) in [5.41, 5.74) is -4.66. The first-order chi connectivity index (χ1) is 11.2. The summed E-state index contributed by atoms with van der Waals surface area (Å²) < 4.78 is 14.8. The van der Waals surface area contributed by atoms with E-state index in [1.54, 1.807) is 0 Å².